The number of hydrogen-bond donors (Lipinski definition) is 0. The van der Waals surface area contributed by atoms with Crippen LogP contribution in [0.4, 0.5) is 0 Å². The number of rotatable bonds is 2. The van der Waals surface area contributed by atoms with Gasteiger partial charge in [-0.1, -0.05) is 0 Å². The van der Waals surface area contributed by atoms with Gasteiger partial charge in [0.25, 0.3) is 5.88 Å². The summed E-state index contributed by atoms with van der Waals surface area (Å²) in [6, 6.07) is 0. The van der Waals surface area contributed by atoms with E-state index >= 15 is 0 Å². The summed E-state index contributed by atoms with van der Waals surface area (Å²) in [6.45, 7) is 0. The van der Waals surface area contributed by atoms with Gasteiger partial charge in [-0.3, -0.25) is 0 Å². The van der Waals surface area contributed by atoms with Crippen molar-refractivity contribution in [3.63, 3.8) is 0 Å². The fourth-order valence-electron chi connectivity index (χ4n) is 0.491. The fraction of sp³-hybridized carbons (Fsp3) is 0.400. The molecule has 0 spiro atoms. The zero-order valence-electron chi connectivity index (χ0n) is 5.25. The Morgan fingerprint density at radius 1 is 1.44 bits per heavy atom. The van der Waals surface area contributed by atoms with E-state index < -0.39 is 0 Å². The van der Waals surface area contributed by atoms with Crippen LogP contribution >= 0.6 is 0 Å². The molecular formula is C5H7NO3. The van der Waals surface area contributed by atoms with Gasteiger partial charge in [0.1, 0.15) is 0 Å². The lowest BCUT2D eigenvalue weighted by Gasteiger charge is -1.94. The first-order valence-electron chi connectivity index (χ1n) is 2.41. The lowest BCUT2D eigenvalue weighted by molar-refractivity contribution is 0.329. The molecule has 0 atom stereocenters. The molecule has 1 aromatic heterocycles. The first kappa shape index (κ1) is 5.94. The van der Waals surface area contributed by atoms with Crippen molar-refractivity contribution in [3.05, 3.63) is 6.26 Å². The van der Waals surface area contributed by atoms with Crippen LogP contribution in [0.15, 0.2) is 10.8 Å². The summed E-state index contributed by atoms with van der Waals surface area (Å²) < 4.78 is 14.1. The molecule has 4 nitrogen and oxygen atoms in total. The van der Waals surface area contributed by atoms with Gasteiger partial charge in [-0.2, -0.15) is 0 Å². The lowest BCUT2D eigenvalue weighted by atomic mass is 10.6. The monoisotopic (exact) mass is 129 g/mol. The van der Waals surface area contributed by atoms with E-state index in [9.17, 15) is 0 Å². The highest BCUT2D eigenvalue weighted by molar-refractivity contribution is 5.27. The summed E-state index contributed by atoms with van der Waals surface area (Å²) in [5, 5.41) is 3.48. The Kier molecular flexibility index (Phi) is 1.58. The van der Waals surface area contributed by atoms with Gasteiger partial charge in [-0.15, -0.1) is 0 Å². The zero-order chi connectivity index (χ0) is 6.69. The van der Waals surface area contributed by atoms with E-state index in [0.717, 1.165) is 0 Å². The molecule has 0 saturated carbocycles. The van der Waals surface area contributed by atoms with Crippen LogP contribution in [-0.4, -0.2) is 19.4 Å². The van der Waals surface area contributed by atoms with Crippen LogP contribution in [0, 0.1) is 0 Å². The smallest absolute Gasteiger partial charge is 0.296 e. The Bertz CT molecular complexity index is 166. The van der Waals surface area contributed by atoms with Gasteiger partial charge < -0.3 is 14.0 Å². The molecule has 0 aromatic carbocycles. The van der Waals surface area contributed by atoms with Crippen LogP contribution in [0.1, 0.15) is 0 Å². The van der Waals surface area contributed by atoms with Gasteiger partial charge in [0.2, 0.25) is 5.75 Å². The summed E-state index contributed by atoms with van der Waals surface area (Å²) in [5.74, 6) is 0.884. The maximum atomic E-state index is 4.79. The topological polar surface area (TPSA) is 44.5 Å². The first-order chi connectivity index (χ1) is 4.38. The van der Waals surface area contributed by atoms with E-state index in [0.29, 0.717) is 11.6 Å². The summed E-state index contributed by atoms with van der Waals surface area (Å²) in [7, 11) is 3.02. The first-order valence-corrected chi connectivity index (χ1v) is 2.41. The molecule has 1 heterocycles. The second-order valence-electron chi connectivity index (χ2n) is 1.39. The summed E-state index contributed by atoms with van der Waals surface area (Å²) in [6.07, 6.45) is 1.37. The summed E-state index contributed by atoms with van der Waals surface area (Å²) in [4.78, 5) is 0. The minimum atomic E-state index is 0.373. The fourth-order valence-corrected chi connectivity index (χ4v) is 0.491. The van der Waals surface area contributed by atoms with Gasteiger partial charge in [0.05, 0.1) is 14.2 Å². The molecular weight excluding hydrogens is 122 g/mol. The van der Waals surface area contributed by atoms with E-state index in [1.165, 1.54) is 20.5 Å². The normalized spacial score (nSPS) is 9.11. The largest absolute Gasteiger partial charge is 0.489 e. The van der Waals surface area contributed by atoms with E-state index in [1.807, 2.05) is 0 Å². The highest BCUT2D eigenvalue weighted by Crippen LogP contribution is 2.22. The number of nitrogens with zero attached hydrogens (tertiary/aromatic N) is 1. The van der Waals surface area contributed by atoms with Gasteiger partial charge >= 0.3 is 0 Å². The Balaban J connectivity index is 2.85. The van der Waals surface area contributed by atoms with E-state index in [-0.39, 0.29) is 0 Å². The molecule has 9 heavy (non-hydrogen) atoms. The lowest BCUT2D eigenvalue weighted by Crippen LogP contribution is -1.86. The third-order valence-corrected chi connectivity index (χ3v) is 0.919. The van der Waals surface area contributed by atoms with Crippen LogP contribution in [0.25, 0.3) is 0 Å². The molecule has 0 amide bonds. The predicted octanol–water partition coefficient (Wildman–Crippen LogP) is 0.692. The van der Waals surface area contributed by atoms with Crippen molar-refractivity contribution in [1.82, 2.24) is 5.16 Å². The quantitative estimate of drug-likeness (QED) is 0.589. The molecule has 0 unspecified atom stereocenters. The predicted molar refractivity (Wildman–Crippen MR) is 29.6 cm³/mol. The Morgan fingerprint density at radius 3 is 2.67 bits per heavy atom. The van der Waals surface area contributed by atoms with Crippen LogP contribution < -0.4 is 9.47 Å². The van der Waals surface area contributed by atoms with E-state index in [2.05, 4.69) is 9.68 Å². The average Bonchev–Trinajstić information content (AvgIpc) is 2.33. The summed E-state index contributed by atoms with van der Waals surface area (Å²) in [5.41, 5.74) is 0. The standard InChI is InChI=1S/C5H7NO3/c1-7-4-3-9-6-5(4)8-2/h3H,1-2H3. The van der Waals surface area contributed by atoms with Crippen LogP contribution in [0.3, 0.4) is 0 Å². The van der Waals surface area contributed by atoms with Crippen molar-refractivity contribution < 1.29 is 14.0 Å². The molecule has 50 valence electrons. The SMILES string of the molecule is COc1conc1OC. The van der Waals surface area contributed by atoms with Crippen molar-refractivity contribution in [2.75, 3.05) is 14.2 Å². The molecule has 1 aromatic rings. The number of ether oxygens (including phenoxy) is 2. The van der Waals surface area contributed by atoms with Crippen molar-refractivity contribution in [2.45, 2.75) is 0 Å². The average molecular weight is 129 g/mol. The van der Waals surface area contributed by atoms with Crippen molar-refractivity contribution >= 4 is 0 Å². The van der Waals surface area contributed by atoms with Crippen LogP contribution in [0.2, 0.25) is 0 Å². The van der Waals surface area contributed by atoms with Crippen molar-refractivity contribution in [2.24, 2.45) is 0 Å². The van der Waals surface area contributed by atoms with Crippen molar-refractivity contribution in [3.8, 4) is 11.6 Å². The highest BCUT2D eigenvalue weighted by atomic mass is 16.6. The molecule has 4 heteroatoms. The van der Waals surface area contributed by atoms with Crippen molar-refractivity contribution in [1.29, 1.82) is 0 Å². The van der Waals surface area contributed by atoms with E-state index in [1.54, 1.807) is 0 Å². The van der Waals surface area contributed by atoms with Crippen LogP contribution in [-0.2, 0) is 0 Å². The maximum Gasteiger partial charge on any atom is 0.296 e. The van der Waals surface area contributed by atoms with Gasteiger partial charge in [-0.05, 0) is 5.16 Å². The molecule has 1 rings (SSSR count). The molecule has 0 aliphatic carbocycles. The molecule has 0 saturated heterocycles. The molecule has 0 aliphatic heterocycles. The minimum Gasteiger partial charge on any atom is -0.489 e. The van der Waals surface area contributed by atoms with E-state index in [4.69, 9.17) is 9.47 Å². The molecule has 0 fully saturated rings. The Morgan fingerprint density at radius 2 is 2.22 bits per heavy atom. The number of hydrogen-bond acceptors (Lipinski definition) is 4. The van der Waals surface area contributed by atoms with Gasteiger partial charge in [0, 0.05) is 0 Å². The van der Waals surface area contributed by atoms with Gasteiger partial charge in [0.15, 0.2) is 6.26 Å². The molecule has 0 aliphatic rings. The van der Waals surface area contributed by atoms with Crippen LogP contribution in [0.5, 0.6) is 11.6 Å². The Labute approximate surface area is 52.4 Å². The van der Waals surface area contributed by atoms with Gasteiger partial charge in [-0.25, -0.2) is 0 Å². The second kappa shape index (κ2) is 2.39. The molecule has 0 N–H and O–H groups in total. The molecule has 0 radical (unpaired) electrons. The Hall–Kier alpha value is -1.19. The molecule has 0 bridgehead atoms. The zero-order valence-corrected chi connectivity index (χ0v) is 5.25. The number of aromatic nitrogens is 1. The number of methoxy groups -OCH3 is 2. The second-order valence-corrected chi connectivity index (χ2v) is 1.39. The minimum absolute atomic E-state index is 0.373. The maximum absolute atomic E-state index is 4.79. The third-order valence-electron chi connectivity index (χ3n) is 0.919. The summed E-state index contributed by atoms with van der Waals surface area (Å²) >= 11 is 0. The third kappa shape index (κ3) is 0.960. The highest BCUT2D eigenvalue weighted by Gasteiger charge is 2.05.